The van der Waals surface area contributed by atoms with Crippen molar-refractivity contribution in [2.24, 2.45) is 0 Å². The minimum absolute atomic E-state index is 0.0290. The summed E-state index contributed by atoms with van der Waals surface area (Å²) in [4.78, 5) is 32.8. The van der Waals surface area contributed by atoms with Crippen LogP contribution in [0.25, 0.3) is 5.57 Å². The SMILES string of the molecule is COc1ccc(C(=O)N2CCN(C(=O)/C=C(\C)c3ccc(Br)cc3)CC2)cn1. The molecule has 28 heavy (non-hydrogen) atoms. The van der Waals surface area contributed by atoms with Crippen molar-refractivity contribution < 1.29 is 14.3 Å². The van der Waals surface area contributed by atoms with Gasteiger partial charge >= 0.3 is 0 Å². The normalized spacial score (nSPS) is 14.8. The Morgan fingerprint density at radius 3 is 2.18 bits per heavy atom. The van der Waals surface area contributed by atoms with E-state index >= 15 is 0 Å². The van der Waals surface area contributed by atoms with Gasteiger partial charge in [0.15, 0.2) is 0 Å². The van der Waals surface area contributed by atoms with Crippen LogP contribution >= 0.6 is 15.9 Å². The van der Waals surface area contributed by atoms with Crippen LogP contribution in [0.15, 0.2) is 53.1 Å². The molecule has 0 N–H and O–H groups in total. The van der Waals surface area contributed by atoms with Crippen LogP contribution in [0.5, 0.6) is 5.88 Å². The highest BCUT2D eigenvalue weighted by Crippen LogP contribution is 2.18. The van der Waals surface area contributed by atoms with E-state index in [1.54, 1.807) is 28.0 Å². The quantitative estimate of drug-likeness (QED) is 0.680. The van der Waals surface area contributed by atoms with Gasteiger partial charge in [-0.25, -0.2) is 4.98 Å². The number of halogens is 1. The fourth-order valence-corrected chi connectivity index (χ4v) is 3.28. The van der Waals surface area contributed by atoms with E-state index in [0.717, 1.165) is 15.6 Å². The number of amides is 2. The van der Waals surface area contributed by atoms with Gasteiger partial charge in [-0.05, 0) is 36.3 Å². The number of carbonyl (C=O) groups is 2. The molecule has 0 saturated carbocycles. The van der Waals surface area contributed by atoms with E-state index in [4.69, 9.17) is 4.74 Å². The van der Waals surface area contributed by atoms with Crippen molar-refractivity contribution in [3.05, 3.63) is 64.3 Å². The van der Waals surface area contributed by atoms with Crippen molar-refractivity contribution in [1.82, 2.24) is 14.8 Å². The predicted octanol–water partition coefficient (Wildman–Crippen LogP) is 3.24. The molecule has 1 aromatic heterocycles. The number of nitrogens with zero attached hydrogens (tertiary/aromatic N) is 3. The number of methoxy groups -OCH3 is 1. The number of ether oxygens (including phenoxy) is 1. The third-order valence-electron chi connectivity index (χ3n) is 4.71. The second-order valence-electron chi connectivity index (χ2n) is 6.54. The molecule has 0 radical (unpaired) electrons. The summed E-state index contributed by atoms with van der Waals surface area (Å²) >= 11 is 3.41. The number of hydrogen-bond donors (Lipinski definition) is 0. The highest BCUT2D eigenvalue weighted by Gasteiger charge is 2.24. The van der Waals surface area contributed by atoms with Gasteiger partial charge < -0.3 is 14.5 Å². The number of rotatable bonds is 4. The van der Waals surface area contributed by atoms with Crippen molar-refractivity contribution in [2.45, 2.75) is 6.92 Å². The molecule has 3 rings (SSSR count). The maximum Gasteiger partial charge on any atom is 0.255 e. The fraction of sp³-hybridized carbons (Fsp3) is 0.286. The molecule has 1 fully saturated rings. The van der Waals surface area contributed by atoms with Gasteiger partial charge in [-0.2, -0.15) is 0 Å². The Morgan fingerprint density at radius 2 is 1.61 bits per heavy atom. The van der Waals surface area contributed by atoms with Crippen molar-refractivity contribution in [2.75, 3.05) is 33.3 Å². The molecule has 2 amide bonds. The predicted molar refractivity (Wildman–Crippen MR) is 111 cm³/mol. The highest BCUT2D eigenvalue weighted by molar-refractivity contribution is 9.10. The van der Waals surface area contributed by atoms with E-state index in [-0.39, 0.29) is 11.8 Å². The van der Waals surface area contributed by atoms with E-state index in [1.807, 2.05) is 31.2 Å². The van der Waals surface area contributed by atoms with Crippen LogP contribution in [-0.4, -0.2) is 59.9 Å². The molecule has 0 unspecified atom stereocenters. The van der Waals surface area contributed by atoms with Gasteiger partial charge in [-0.1, -0.05) is 28.1 Å². The number of piperazine rings is 1. The fourth-order valence-electron chi connectivity index (χ4n) is 3.01. The summed E-state index contributed by atoms with van der Waals surface area (Å²) in [5.74, 6) is 0.363. The van der Waals surface area contributed by atoms with E-state index < -0.39 is 0 Å². The number of benzene rings is 1. The molecule has 0 aliphatic carbocycles. The monoisotopic (exact) mass is 443 g/mol. The average molecular weight is 444 g/mol. The second kappa shape index (κ2) is 9.01. The van der Waals surface area contributed by atoms with Gasteiger partial charge in [0.25, 0.3) is 5.91 Å². The Labute approximate surface area is 172 Å². The number of hydrogen-bond acceptors (Lipinski definition) is 4. The van der Waals surface area contributed by atoms with Crippen LogP contribution in [0.2, 0.25) is 0 Å². The van der Waals surface area contributed by atoms with Gasteiger partial charge in [-0.15, -0.1) is 0 Å². The summed E-state index contributed by atoms with van der Waals surface area (Å²) in [6.07, 6.45) is 3.18. The first-order valence-electron chi connectivity index (χ1n) is 9.00. The molecule has 1 aliphatic rings. The molecule has 1 aromatic carbocycles. The van der Waals surface area contributed by atoms with Crippen LogP contribution in [0.1, 0.15) is 22.8 Å². The zero-order valence-corrected chi connectivity index (χ0v) is 17.5. The Hall–Kier alpha value is -2.67. The van der Waals surface area contributed by atoms with Crippen LogP contribution < -0.4 is 4.74 Å². The molecule has 0 atom stereocenters. The van der Waals surface area contributed by atoms with Crippen LogP contribution in [-0.2, 0) is 4.79 Å². The molecule has 146 valence electrons. The van der Waals surface area contributed by atoms with Crippen LogP contribution in [0.3, 0.4) is 0 Å². The second-order valence-corrected chi connectivity index (χ2v) is 7.46. The van der Waals surface area contributed by atoms with Crippen LogP contribution in [0.4, 0.5) is 0 Å². The van der Waals surface area contributed by atoms with E-state index in [9.17, 15) is 9.59 Å². The third kappa shape index (κ3) is 4.78. The molecular formula is C21H22BrN3O3. The van der Waals surface area contributed by atoms with Crippen molar-refractivity contribution in [1.29, 1.82) is 0 Å². The lowest BCUT2D eigenvalue weighted by Gasteiger charge is -2.34. The minimum Gasteiger partial charge on any atom is -0.481 e. The van der Waals surface area contributed by atoms with E-state index in [2.05, 4.69) is 20.9 Å². The third-order valence-corrected chi connectivity index (χ3v) is 5.24. The standard InChI is InChI=1S/C21H22BrN3O3/c1-15(16-3-6-18(22)7-4-16)13-20(26)24-9-11-25(12-10-24)21(27)17-5-8-19(28-2)23-14-17/h3-8,13-14H,9-12H2,1-2H3/b15-13+. The first kappa shape index (κ1) is 20.1. The molecule has 1 saturated heterocycles. The lowest BCUT2D eigenvalue weighted by molar-refractivity contribution is -0.127. The van der Waals surface area contributed by atoms with Gasteiger partial charge in [0.2, 0.25) is 11.8 Å². The molecule has 7 heteroatoms. The van der Waals surface area contributed by atoms with Gasteiger partial charge in [0, 0.05) is 49.0 Å². The maximum atomic E-state index is 12.6. The van der Waals surface area contributed by atoms with Gasteiger partial charge in [0.1, 0.15) is 0 Å². The van der Waals surface area contributed by atoms with Crippen molar-refractivity contribution >= 4 is 33.3 Å². The van der Waals surface area contributed by atoms with E-state index in [1.165, 1.54) is 13.3 Å². The first-order valence-corrected chi connectivity index (χ1v) is 9.79. The maximum absolute atomic E-state index is 12.6. The minimum atomic E-state index is -0.0798. The molecule has 0 spiro atoms. The first-order chi connectivity index (χ1) is 13.5. The number of carbonyl (C=O) groups excluding carboxylic acids is 2. The molecule has 6 nitrogen and oxygen atoms in total. The molecule has 1 aliphatic heterocycles. The summed E-state index contributed by atoms with van der Waals surface area (Å²) in [5.41, 5.74) is 2.45. The zero-order chi connectivity index (χ0) is 20.1. The summed E-state index contributed by atoms with van der Waals surface area (Å²) in [6, 6.07) is 11.2. The van der Waals surface area contributed by atoms with Crippen molar-refractivity contribution in [3.63, 3.8) is 0 Å². The molecular weight excluding hydrogens is 422 g/mol. The van der Waals surface area contributed by atoms with Crippen LogP contribution in [0, 0.1) is 0 Å². The summed E-state index contributed by atoms with van der Waals surface area (Å²) < 4.78 is 6.02. The number of pyridine rings is 1. The van der Waals surface area contributed by atoms with Crippen molar-refractivity contribution in [3.8, 4) is 5.88 Å². The largest absolute Gasteiger partial charge is 0.481 e. The zero-order valence-electron chi connectivity index (χ0n) is 15.9. The van der Waals surface area contributed by atoms with Gasteiger partial charge in [0.05, 0.1) is 12.7 Å². The lowest BCUT2D eigenvalue weighted by Crippen LogP contribution is -2.50. The summed E-state index contributed by atoms with van der Waals surface area (Å²) in [7, 11) is 1.53. The summed E-state index contributed by atoms with van der Waals surface area (Å²) in [6.45, 7) is 3.96. The Bertz CT molecular complexity index is 871. The Morgan fingerprint density at radius 1 is 1.00 bits per heavy atom. The van der Waals surface area contributed by atoms with Gasteiger partial charge in [-0.3, -0.25) is 9.59 Å². The lowest BCUT2D eigenvalue weighted by atomic mass is 10.1. The molecule has 2 aromatic rings. The Kier molecular flexibility index (Phi) is 6.46. The number of aromatic nitrogens is 1. The topological polar surface area (TPSA) is 62.7 Å². The average Bonchev–Trinajstić information content (AvgIpc) is 2.73. The molecule has 0 bridgehead atoms. The smallest absolute Gasteiger partial charge is 0.255 e. The number of allylic oxidation sites excluding steroid dienone is 1. The molecule has 2 heterocycles. The highest BCUT2D eigenvalue weighted by atomic mass is 79.9. The summed E-state index contributed by atoms with van der Waals surface area (Å²) in [5, 5.41) is 0. The Balaban J connectivity index is 1.58. The van der Waals surface area contributed by atoms with E-state index in [0.29, 0.717) is 37.6 Å².